The highest BCUT2D eigenvalue weighted by Gasteiger charge is 2.43. The average molecular weight is 723 g/mol. The topological polar surface area (TPSA) is 217 Å². The molecule has 18 heteroatoms. The molecule has 49 heavy (non-hydrogen) atoms. The number of carbonyl (C=O) groups is 2. The van der Waals surface area contributed by atoms with Crippen LogP contribution in [0.15, 0.2) is 41.3 Å². The molecule has 2 aromatic carbocycles. The SMILES string of the molecule is COc1c(N2C[C@@H]3CCCN[C@@H]3C2)c(F)cc2c(=O)c(C(=O)OCC(=O)Nc3ccc(CC(P(=O)(O)O)P(=O)(O)O)cc3)cn(C3CC3)c12. The van der Waals surface area contributed by atoms with Crippen LogP contribution in [0, 0.1) is 11.7 Å². The number of halogens is 1. The maximum absolute atomic E-state index is 15.9. The molecule has 0 unspecified atom stereocenters. The lowest BCUT2D eigenvalue weighted by atomic mass is 9.94. The molecule has 1 amide bonds. The number of piperidine rings is 1. The van der Waals surface area contributed by atoms with Gasteiger partial charge >= 0.3 is 21.2 Å². The van der Waals surface area contributed by atoms with Gasteiger partial charge in [0.15, 0.2) is 23.6 Å². The molecule has 2 atom stereocenters. The van der Waals surface area contributed by atoms with Crippen LogP contribution in [0.2, 0.25) is 0 Å². The van der Waals surface area contributed by atoms with E-state index in [9.17, 15) is 43.1 Å². The summed E-state index contributed by atoms with van der Waals surface area (Å²) in [4.78, 5) is 78.7. The summed E-state index contributed by atoms with van der Waals surface area (Å²) in [6.07, 6.45) is 4.41. The Hall–Kier alpha value is -3.62. The molecule has 0 spiro atoms. The fourth-order valence-electron chi connectivity index (χ4n) is 6.72. The lowest BCUT2D eigenvalue weighted by molar-refractivity contribution is -0.119. The Morgan fingerprint density at radius 2 is 1.78 bits per heavy atom. The van der Waals surface area contributed by atoms with Gasteiger partial charge in [0.25, 0.3) is 5.91 Å². The summed E-state index contributed by atoms with van der Waals surface area (Å²) in [6, 6.07) is 6.65. The third-order valence-corrected chi connectivity index (χ3v) is 13.0. The van der Waals surface area contributed by atoms with E-state index in [4.69, 9.17) is 9.47 Å². The second kappa shape index (κ2) is 13.6. The monoisotopic (exact) mass is 722 g/mol. The van der Waals surface area contributed by atoms with Crippen molar-refractivity contribution in [3.05, 3.63) is 63.7 Å². The summed E-state index contributed by atoms with van der Waals surface area (Å²) < 4.78 is 51.7. The van der Waals surface area contributed by atoms with Crippen molar-refractivity contribution in [3.63, 3.8) is 0 Å². The summed E-state index contributed by atoms with van der Waals surface area (Å²) in [7, 11) is -8.81. The number of fused-ring (bicyclic) bond motifs is 2. The van der Waals surface area contributed by atoms with Crippen LogP contribution < -0.4 is 25.7 Å². The Balaban J connectivity index is 1.18. The molecule has 6 rings (SSSR count). The number of methoxy groups -OCH3 is 1. The van der Waals surface area contributed by atoms with E-state index >= 15 is 4.39 Å². The van der Waals surface area contributed by atoms with Gasteiger partial charge in [-0.15, -0.1) is 0 Å². The summed E-state index contributed by atoms with van der Waals surface area (Å²) in [5.74, 6) is -1.90. The van der Waals surface area contributed by atoms with Gasteiger partial charge in [-0.1, -0.05) is 12.1 Å². The number of carbonyl (C=O) groups excluding carboxylic acids is 2. The molecule has 3 aromatic rings. The molecule has 0 bridgehead atoms. The lowest BCUT2D eigenvalue weighted by Gasteiger charge is -2.25. The first-order valence-electron chi connectivity index (χ1n) is 15.8. The molecular formula is C31H37FN4O11P2. The highest BCUT2D eigenvalue weighted by Crippen LogP contribution is 2.61. The number of rotatable bonds is 11. The molecule has 1 aromatic heterocycles. The van der Waals surface area contributed by atoms with Crippen molar-refractivity contribution in [1.82, 2.24) is 9.88 Å². The summed E-state index contributed by atoms with van der Waals surface area (Å²) in [5.41, 5.74) is -0.0747. The van der Waals surface area contributed by atoms with Crippen LogP contribution in [-0.2, 0) is 25.1 Å². The van der Waals surface area contributed by atoms with E-state index in [-0.39, 0.29) is 45.7 Å². The molecule has 2 saturated heterocycles. The van der Waals surface area contributed by atoms with Crippen LogP contribution in [0.25, 0.3) is 10.9 Å². The van der Waals surface area contributed by atoms with Crippen LogP contribution in [0.1, 0.15) is 47.6 Å². The normalized spacial score (nSPS) is 19.6. The predicted molar refractivity (Wildman–Crippen MR) is 177 cm³/mol. The largest absolute Gasteiger partial charge is 0.492 e. The standard InChI is InChI=1S/C31H37FN4O11P2/c1-46-30-27-21(12-23(32)28(30)35-13-18-3-2-10-33-24(18)15-35)29(38)22(14-36(27)20-8-9-20)31(39)47-16-25(37)34-19-6-4-17(5-7-19)11-26(48(40,41)42)49(43,44)45/h4-7,12,14,18,20,24,26,33H,2-3,8-11,13,15-16H2,1H3,(H,34,37)(H2,40,41,42)(H2,43,44,45)/t18-,24+/m0/s1. The van der Waals surface area contributed by atoms with Gasteiger partial charge < -0.3 is 49.1 Å². The van der Waals surface area contributed by atoms with E-state index in [1.807, 2.05) is 4.90 Å². The molecule has 15 nitrogen and oxygen atoms in total. The van der Waals surface area contributed by atoms with E-state index in [0.29, 0.717) is 24.5 Å². The first-order chi connectivity index (χ1) is 23.2. The van der Waals surface area contributed by atoms with E-state index < -0.39 is 56.7 Å². The van der Waals surface area contributed by atoms with Crippen molar-refractivity contribution in [2.75, 3.05) is 43.6 Å². The van der Waals surface area contributed by atoms with Crippen LogP contribution >= 0.6 is 15.2 Å². The Labute approximate surface area is 279 Å². The third-order valence-electron chi connectivity index (χ3n) is 9.24. The number of amides is 1. The molecular weight excluding hydrogens is 685 g/mol. The van der Waals surface area contributed by atoms with Gasteiger partial charge in [-0.05, 0) is 68.3 Å². The molecule has 0 radical (unpaired) electrons. The maximum Gasteiger partial charge on any atom is 0.344 e. The van der Waals surface area contributed by atoms with Crippen LogP contribution in [0.3, 0.4) is 0 Å². The van der Waals surface area contributed by atoms with E-state index in [0.717, 1.165) is 38.3 Å². The number of anilines is 2. The number of hydrogen-bond acceptors (Lipinski definition) is 9. The van der Waals surface area contributed by atoms with E-state index in [1.165, 1.54) is 37.6 Å². The highest BCUT2D eigenvalue weighted by molar-refractivity contribution is 7.70. The lowest BCUT2D eigenvalue weighted by Crippen LogP contribution is -2.40. The second-order valence-corrected chi connectivity index (χ2v) is 16.7. The highest BCUT2D eigenvalue weighted by atomic mass is 31.2. The first-order valence-corrected chi connectivity index (χ1v) is 19.1. The minimum atomic E-state index is -5.12. The molecule has 1 saturated carbocycles. The predicted octanol–water partition coefficient (Wildman–Crippen LogP) is 2.69. The molecule has 2 aliphatic heterocycles. The second-order valence-electron chi connectivity index (χ2n) is 12.7. The number of nitrogens with zero attached hydrogens (tertiary/aromatic N) is 2. The number of nitrogens with one attached hydrogen (secondary N) is 2. The molecule has 6 N–H and O–H groups in total. The molecule has 1 aliphatic carbocycles. The number of aromatic nitrogens is 1. The Bertz CT molecular complexity index is 1900. The van der Waals surface area contributed by atoms with Crippen LogP contribution in [-0.4, -0.2) is 80.8 Å². The zero-order valence-electron chi connectivity index (χ0n) is 26.5. The van der Waals surface area contributed by atoms with Crippen molar-refractivity contribution in [1.29, 1.82) is 0 Å². The van der Waals surface area contributed by atoms with Gasteiger partial charge in [0.05, 0.1) is 18.0 Å². The van der Waals surface area contributed by atoms with Gasteiger partial charge in [0.2, 0.25) is 5.43 Å². The number of ether oxygens (including phenoxy) is 2. The minimum absolute atomic E-state index is 0.0431. The maximum atomic E-state index is 15.9. The first kappa shape index (κ1) is 35.2. The van der Waals surface area contributed by atoms with Crippen LogP contribution in [0.5, 0.6) is 5.75 Å². The fraction of sp³-hybridized carbons (Fsp3) is 0.452. The molecule has 3 aliphatic rings. The zero-order valence-corrected chi connectivity index (χ0v) is 28.2. The fourth-order valence-corrected chi connectivity index (χ4v) is 9.19. The molecule has 3 heterocycles. The van der Waals surface area contributed by atoms with E-state index in [2.05, 4.69) is 10.6 Å². The van der Waals surface area contributed by atoms with Crippen molar-refractivity contribution in [2.45, 2.75) is 49.6 Å². The Morgan fingerprint density at radius 3 is 2.39 bits per heavy atom. The summed E-state index contributed by atoms with van der Waals surface area (Å²) >= 11 is 0. The van der Waals surface area contributed by atoms with Crippen molar-refractivity contribution < 1.29 is 52.2 Å². The van der Waals surface area contributed by atoms with Gasteiger partial charge in [0.1, 0.15) is 11.3 Å². The summed E-state index contributed by atoms with van der Waals surface area (Å²) in [5, 5.41) is 3.71. The van der Waals surface area contributed by atoms with E-state index in [1.54, 1.807) is 4.57 Å². The Kier molecular flexibility index (Phi) is 9.77. The summed E-state index contributed by atoms with van der Waals surface area (Å²) in [6.45, 7) is 1.38. The van der Waals surface area contributed by atoms with Crippen molar-refractivity contribution in [3.8, 4) is 5.75 Å². The van der Waals surface area contributed by atoms with Gasteiger partial charge in [-0.3, -0.25) is 18.7 Å². The van der Waals surface area contributed by atoms with Gasteiger partial charge in [-0.2, -0.15) is 0 Å². The number of hydrogen-bond donors (Lipinski definition) is 6. The number of esters is 1. The molecule has 264 valence electrons. The smallest absolute Gasteiger partial charge is 0.344 e. The minimum Gasteiger partial charge on any atom is -0.492 e. The number of pyridine rings is 1. The van der Waals surface area contributed by atoms with Gasteiger partial charge in [-0.25, -0.2) is 9.18 Å². The van der Waals surface area contributed by atoms with Crippen molar-refractivity contribution >= 4 is 49.3 Å². The molecule has 3 fully saturated rings. The van der Waals surface area contributed by atoms with Crippen LogP contribution in [0.4, 0.5) is 15.8 Å². The zero-order chi connectivity index (χ0) is 35.2. The Morgan fingerprint density at radius 1 is 1.08 bits per heavy atom. The number of benzene rings is 2. The van der Waals surface area contributed by atoms with Crippen molar-refractivity contribution in [2.24, 2.45) is 5.92 Å². The average Bonchev–Trinajstić information content (AvgIpc) is 3.79. The van der Waals surface area contributed by atoms with Gasteiger partial charge in [0, 0.05) is 37.1 Å². The third kappa shape index (κ3) is 7.46. The quantitative estimate of drug-likeness (QED) is 0.124.